The van der Waals surface area contributed by atoms with Crippen molar-refractivity contribution in [1.29, 1.82) is 0 Å². The van der Waals surface area contributed by atoms with Crippen molar-refractivity contribution in [3.05, 3.63) is 34.4 Å². The lowest BCUT2D eigenvalue weighted by Gasteiger charge is -1.89. The Labute approximate surface area is 69.7 Å². The first-order chi connectivity index (χ1) is 5.36. The molecule has 0 aromatic carbocycles. The number of aromatic amines is 2. The van der Waals surface area contributed by atoms with Crippen molar-refractivity contribution >= 4 is 18.3 Å². The van der Waals surface area contributed by atoms with Gasteiger partial charge < -0.3 is 9.97 Å². The Balaban J connectivity index is 2.59. The lowest BCUT2D eigenvalue weighted by atomic mass is 10.2. The summed E-state index contributed by atoms with van der Waals surface area (Å²) >= 11 is 4.96. The molecule has 3 heteroatoms. The van der Waals surface area contributed by atoms with Gasteiger partial charge in [-0.15, -0.1) is 0 Å². The molecule has 0 saturated heterocycles. The molecule has 0 amide bonds. The van der Waals surface area contributed by atoms with E-state index in [1.165, 1.54) is 5.69 Å². The van der Waals surface area contributed by atoms with E-state index in [1.54, 1.807) is 0 Å². The third-order valence-electron chi connectivity index (χ3n) is 1.67. The van der Waals surface area contributed by atoms with Crippen molar-refractivity contribution < 1.29 is 0 Å². The van der Waals surface area contributed by atoms with Gasteiger partial charge in [-0.25, -0.2) is 0 Å². The molecule has 2 rings (SSSR count). The van der Waals surface area contributed by atoms with Crippen LogP contribution in [-0.4, -0.2) is 9.97 Å². The van der Waals surface area contributed by atoms with Gasteiger partial charge in [0.05, 0.1) is 5.69 Å². The number of nitrogens with one attached hydrogen (secondary N) is 2. The number of fused-ring (bicyclic) bond motifs is 1. The minimum Gasteiger partial charge on any atom is -0.334 e. The van der Waals surface area contributed by atoms with Gasteiger partial charge in [-0.2, -0.15) is 0 Å². The summed E-state index contributed by atoms with van der Waals surface area (Å²) in [4.78, 5) is 6.16. The molecule has 0 bridgehead atoms. The van der Waals surface area contributed by atoms with Gasteiger partial charge in [0, 0.05) is 12.1 Å². The molecule has 1 aliphatic rings. The van der Waals surface area contributed by atoms with Gasteiger partial charge in [-0.1, -0.05) is 18.2 Å². The summed E-state index contributed by atoms with van der Waals surface area (Å²) in [5.74, 6) is 0. The Morgan fingerprint density at radius 2 is 2.18 bits per heavy atom. The third kappa shape index (κ3) is 1.19. The van der Waals surface area contributed by atoms with Crippen LogP contribution in [0.25, 0.3) is 6.08 Å². The van der Waals surface area contributed by atoms with Crippen LogP contribution < -0.4 is 0 Å². The van der Waals surface area contributed by atoms with E-state index in [4.69, 9.17) is 12.2 Å². The van der Waals surface area contributed by atoms with Crippen LogP contribution in [-0.2, 0) is 6.42 Å². The molecule has 0 atom stereocenters. The highest BCUT2D eigenvalue weighted by Crippen LogP contribution is 2.10. The predicted octanol–water partition coefficient (Wildman–Crippen LogP) is 2.20. The topological polar surface area (TPSA) is 31.6 Å². The zero-order valence-corrected chi connectivity index (χ0v) is 6.74. The fourth-order valence-electron chi connectivity index (χ4n) is 1.15. The molecule has 0 aliphatic heterocycles. The summed E-state index contributed by atoms with van der Waals surface area (Å²) < 4.78 is 0.704. The van der Waals surface area contributed by atoms with E-state index in [9.17, 15) is 0 Å². The molecular weight excluding hydrogens is 156 g/mol. The lowest BCUT2D eigenvalue weighted by molar-refractivity contribution is 1.14. The number of aromatic nitrogens is 2. The molecule has 1 aromatic rings. The highest BCUT2D eigenvalue weighted by Gasteiger charge is 2.01. The van der Waals surface area contributed by atoms with Crippen molar-refractivity contribution in [3.8, 4) is 0 Å². The summed E-state index contributed by atoms with van der Waals surface area (Å²) in [6, 6.07) is 0. The Bertz CT molecular complexity index is 368. The molecule has 1 aliphatic carbocycles. The van der Waals surface area contributed by atoms with Crippen LogP contribution in [0.5, 0.6) is 0 Å². The number of H-pyrrole nitrogens is 2. The van der Waals surface area contributed by atoms with Gasteiger partial charge >= 0.3 is 0 Å². The minimum absolute atomic E-state index is 0.704. The summed E-state index contributed by atoms with van der Waals surface area (Å²) in [5.41, 5.74) is 2.26. The Morgan fingerprint density at radius 3 is 3.09 bits per heavy atom. The van der Waals surface area contributed by atoms with Gasteiger partial charge in [0.25, 0.3) is 0 Å². The fraction of sp³-hybridized carbons (Fsp3) is 0.125. The van der Waals surface area contributed by atoms with E-state index in [1.807, 2.05) is 18.2 Å². The number of rotatable bonds is 0. The van der Waals surface area contributed by atoms with Crippen LogP contribution in [0.1, 0.15) is 11.4 Å². The molecule has 0 radical (unpaired) electrons. The quantitative estimate of drug-likeness (QED) is 0.566. The van der Waals surface area contributed by atoms with E-state index in [2.05, 4.69) is 16.0 Å². The first kappa shape index (κ1) is 6.61. The van der Waals surface area contributed by atoms with Crippen LogP contribution in [0, 0.1) is 4.77 Å². The first-order valence-electron chi connectivity index (χ1n) is 3.50. The van der Waals surface area contributed by atoms with Crippen molar-refractivity contribution in [2.75, 3.05) is 0 Å². The van der Waals surface area contributed by atoms with E-state index >= 15 is 0 Å². The fourth-order valence-corrected chi connectivity index (χ4v) is 1.39. The molecule has 2 N–H and O–H groups in total. The van der Waals surface area contributed by atoms with E-state index in [0.29, 0.717) is 4.77 Å². The molecule has 0 unspecified atom stereocenters. The lowest BCUT2D eigenvalue weighted by Crippen LogP contribution is -1.82. The zero-order chi connectivity index (χ0) is 7.68. The Kier molecular flexibility index (Phi) is 1.51. The van der Waals surface area contributed by atoms with E-state index in [-0.39, 0.29) is 0 Å². The number of imidazole rings is 1. The zero-order valence-electron chi connectivity index (χ0n) is 5.92. The van der Waals surface area contributed by atoms with Crippen LogP contribution >= 0.6 is 12.2 Å². The summed E-state index contributed by atoms with van der Waals surface area (Å²) in [7, 11) is 0. The number of allylic oxidation sites excluding steroid dienone is 3. The Hall–Kier alpha value is -1.09. The largest absolute Gasteiger partial charge is 0.334 e. The van der Waals surface area contributed by atoms with Gasteiger partial charge in [-0.3, -0.25) is 0 Å². The predicted molar refractivity (Wildman–Crippen MR) is 47.9 cm³/mol. The molecule has 2 nitrogen and oxygen atoms in total. The molecule has 1 aromatic heterocycles. The molecular formula is C8H8N2S. The molecule has 11 heavy (non-hydrogen) atoms. The van der Waals surface area contributed by atoms with Gasteiger partial charge in [0.15, 0.2) is 4.77 Å². The molecule has 0 fully saturated rings. The van der Waals surface area contributed by atoms with Gasteiger partial charge in [0.1, 0.15) is 0 Å². The number of hydrogen-bond donors (Lipinski definition) is 2. The molecule has 56 valence electrons. The second-order valence-corrected chi connectivity index (χ2v) is 2.87. The monoisotopic (exact) mass is 164 g/mol. The average molecular weight is 164 g/mol. The maximum Gasteiger partial charge on any atom is 0.175 e. The van der Waals surface area contributed by atoms with Gasteiger partial charge in [-0.05, 0) is 18.3 Å². The third-order valence-corrected chi connectivity index (χ3v) is 1.87. The highest BCUT2D eigenvalue weighted by molar-refractivity contribution is 7.71. The van der Waals surface area contributed by atoms with Crippen LogP contribution in [0.2, 0.25) is 0 Å². The van der Waals surface area contributed by atoms with Gasteiger partial charge in [0.2, 0.25) is 0 Å². The van der Waals surface area contributed by atoms with E-state index < -0.39 is 0 Å². The number of hydrogen-bond acceptors (Lipinski definition) is 1. The smallest absolute Gasteiger partial charge is 0.175 e. The van der Waals surface area contributed by atoms with Crippen molar-refractivity contribution in [3.63, 3.8) is 0 Å². The summed E-state index contributed by atoms with van der Waals surface area (Å²) in [5, 5.41) is 0. The summed E-state index contributed by atoms with van der Waals surface area (Å²) in [6.45, 7) is 0. The maximum absolute atomic E-state index is 4.96. The highest BCUT2D eigenvalue weighted by atomic mass is 32.1. The molecule has 0 spiro atoms. The maximum atomic E-state index is 4.96. The van der Waals surface area contributed by atoms with Crippen LogP contribution in [0.4, 0.5) is 0 Å². The first-order valence-corrected chi connectivity index (χ1v) is 3.91. The SMILES string of the molecule is S=c1[nH]c2c([nH]1)CC=CC=C2. The second-order valence-electron chi connectivity index (χ2n) is 2.46. The van der Waals surface area contributed by atoms with Crippen molar-refractivity contribution in [2.24, 2.45) is 0 Å². The van der Waals surface area contributed by atoms with Crippen LogP contribution in [0.15, 0.2) is 18.2 Å². The minimum atomic E-state index is 0.704. The van der Waals surface area contributed by atoms with E-state index in [0.717, 1.165) is 12.1 Å². The molecule has 0 saturated carbocycles. The Morgan fingerprint density at radius 1 is 1.27 bits per heavy atom. The molecule has 1 heterocycles. The summed E-state index contributed by atoms with van der Waals surface area (Å²) in [6.07, 6.45) is 9.08. The van der Waals surface area contributed by atoms with Crippen molar-refractivity contribution in [1.82, 2.24) is 9.97 Å². The van der Waals surface area contributed by atoms with Crippen molar-refractivity contribution in [2.45, 2.75) is 6.42 Å². The average Bonchev–Trinajstić information content (AvgIpc) is 2.17. The normalized spacial score (nSPS) is 14.5. The van der Waals surface area contributed by atoms with Crippen LogP contribution in [0.3, 0.4) is 0 Å². The second kappa shape index (κ2) is 2.51. The standard InChI is InChI=1S/C8H8N2S/c11-8-9-6-4-2-1-3-5-7(6)10-8/h1-4H,5H2,(H2,9,10,11).